The van der Waals surface area contributed by atoms with E-state index >= 15 is 0 Å². The Hall–Kier alpha value is -1.79. The highest BCUT2D eigenvalue weighted by molar-refractivity contribution is 5.50. The van der Waals surface area contributed by atoms with Crippen molar-refractivity contribution in [3.05, 3.63) is 29.5 Å². The lowest BCUT2D eigenvalue weighted by Crippen LogP contribution is -2.22. The summed E-state index contributed by atoms with van der Waals surface area (Å²) in [6, 6.07) is 0. The van der Waals surface area contributed by atoms with E-state index in [-0.39, 0.29) is 0 Å². The summed E-state index contributed by atoms with van der Waals surface area (Å²) in [4.78, 5) is 13.4. The number of rotatable bonds is 7. The second-order valence-corrected chi connectivity index (χ2v) is 5.08. The quantitative estimate of drug-likeness (QED) is 0.778. The summed E-state index contributed by atoms with van der Waals surface area (Å²) in [5, 5.41) is 3.35. The Morgan fingerprint density at radius 2 is 1.90 bits per heavy atom. The van der Waals surface area contributed by atoms with Gasteiger partial charge in [0.25, 0.3) is 0 Å². The molecule has 6 heteroatoms. The molecule has 0 atom stereocenters. The lowest BCUT2D eigenvalue weighted by molar-refractivity contribution is 0.199. The third kappa shape index (κ3) is 3.86. The summed E-state index contributed by atoms with van der Waals surface area (Å²) >= 11 is 0. The van der Waals surface area contributed by atoms with E-state index in [9.17, 15) is 0 Å². The molecule has 6 nitrogen and oxygen atoms in total. The summed E-state index contributed by atoms with van der Waals surface area (Å²) in [5.74, 6) is 0.737. The maximum Gasteiger partial charge on any atom is 0.178 e. The van der Waals surface area contributed by atoms with Crippen molar-refractivity contribution < 1.29 is 4.74 Å². The van der Waals surface area contributed by atoms with Crippen LogP contribution in [0, 0.1) is 13.8 Å². The van der Waals surface area contributed by atoms with E-state index in [0.717, 1.165) is 49.0 Å². The van der Waals surface area contributed by atoms with Crippen molar-refractivity contribution in [2.24, 2.45) is 7.05 Å². The van der Waals surface area contributed by atoms with Crippen LogP contribution in [0.4, 0.5) is 0 Å². The Labute approximate surface area is 125 Å². The third-order valence-corrected chi connectivity index (χ3v) is 3.50. The van der Waals surface area contributed by atoms with Crippen molar-refractivity contribution in [2.75, 3.05) is 26.8 Å². The molecule has 0 aliphatic carbocycles. The Balaban J connectivity index is 2.09. The van der Waals surface area contributed by atoms with Crippen LogP contribution in [-0.2, 0) is 18.2 Å². The summed E-state index contributed by atoms with van der Waals surface area (Å²) < 4.78 is 6.95. The van der Waals surface area contributed by atoms with Gasteiger partial charge in [-0.05, 0) is 32.4 Å². The zero-order valence-corrected chi connectivity index (χ0v) is 13.2. The second kappa shape index (κ2) is 7.28. The van der Waals surface area contributed by atoms with E-state index in [2.05, 4.69) is 20.3 Å². The van der Waals surface area contributed by atoms with E-state index in [1.807, 2.05) is 25.5 Å². The van der Waals surface area contributed by atoms with Crippen molar-refractivity contribution in [3.63, 3.8) is 0 Å². The number of imidazole rings is 1. The van der Waals surface area contributed by atoms with E-state index in [0.29, 0.717) is 0 Å². The van der Waals surface area contributed by atoms with Crippen LogP contribution in [0.25, 0.3) is 11.5 Å². The number of ether oxygens (including phenoxy) is 1. The normalized spacial score (nSPS) is 11.0. The SMILES string of the molecule is COCCNCCc1c(C)nc(-c2cncn2C)nc1C. The van der Waals surface area contributed by atoms with Crippen LogP contribution >= 0.6 is 0 Å². The number of nitrogens with zero attached hydrogens (tertiary/aromatic N) is 4. The second-order valence-electron chi connectivity index (χ2n) is 5.08. The van der Waals surface area contributed by atoms with Gasteiger partial charge in [0.1, 0.15) is 5.69 Å². The molecule has 2 heterocycles. The highest BCUT2D eigenvalue weighted by Crippen LogP contribution is 2.18. The van der Waals surface area contributed by atoms with Crippen molar-refractivity contribution >= 4 is 0 Å². The summed E-state index contributed by atoms with van der Waals surface area (Å²) in [6.07, 6.45) is 4.48. The molecule has 0 amide bonds. The number of aryl methyl sites for hydroxylation is 3. The molecule has 2 rings (SSSR count). The fourth-order valence-corrected chi connectivity index (χ4v) is 2.30. The molecule has 21 heavy (non-hydrogen) atoms. The molecule has 0 spiro atoms. The first-order valence-corrected chi connectivity index (χ1v) is 7.14. The van der Waals surface area contributed by atoms with Gasteiger partial charge in [0.2, 0.25) is 0 Å². The van der Waals surface area contributed by atoms with Crippen LogP contribution < -0.4 is 5.32 Å². The first-order chi connectivity index (χ1) is 10.1. The maximum atomic E-state index is 5.01. The lowest BCUT2D eigenvalue weighted by atomic mass is 10.1. The predicted molar refractivity (Wildman–Crippen MR) is 82.2 cm³/mol. The lowest BCUT2D eigenvalue weighted by Gasteiger charge is -2.11. The molecule has 2 aromatic heterocycles. The molecule has 0 aliphatic rings. The van der Waals surface area contributed by atoms with Crippen LogP contribution in [0.2, 0.25) is 0 Å². The summed E-state index contributed by atoms with van der Waals surface area (Å²) in [6.45, 7) is 6.58. The Kier molecular flexibility index (Phi) is 5.41. The number of aromatic nitrogens is 4. The molecule has 0 aromatic carbocycles. The Bertz CT molecular complexity index is 570. The first kappa shape index (κ1) is 15.6. The molecule has 0 radical (unpaired) electrons. The van der Waals surface area contributed by atoms with Gasteiger partial charge in [0, 0.05) is 32.1 Å². The molecule has 0 unspecified atom stereocenters. The average Bonchev–Trinajstić information content (AvgIpc) is 2.87. The zero-order valence-electron chi connectivity index (χ0n) is 13.2. The molecule has 0 aliphatic heterocycles. The van der Waals surface area contributed by atoms with E-state index in [1.54, 1.807) is 19.6 Å². The maximum absolute atomic E-state index is 5.01. The molecule has 0 saturated heterocycles. The highest BCUT2D eigenvalue weighted by atomic mass is 16.5. The molecule has 2 aromatic rings. The van der Waals surface area contributed by atoms with Crippen molar-refractivity contribution in [1.29, 1.82) is 0 Å². The molecular formula is C15H23N5O. The zero-order chi connectivity index (χ0) is 15.2. The van der Waals surface area contributed by atoms with Gasteiger partial charge in [-0.1, -0.05) is 0 Å². The van der Waals surface area contributed by atoms with Crippen LogP contribution in [0.1, 0.15) is 17.0 Å². The van der Waals surface area contributed by atoms with Gasteiger partial charge < -0.3 is 14.6 Å². The number of nitrogens with one attached hydrogen (secondary N) is 1. The smallest absolute Gasteiger partial charge is 0.178 e. The molecule has 114 valence electrons. The minimum absolute atomic E-state index is 0.730. The molecular weight excluding hydrogens is 266 g/mol. The van der Waals surface area contributed by atoms with Gasteiger partial charge in [-0.3, -0.25) is 0 Å². The topological polar surface area (TPSA) is 64.9 Å². The highest BCUT2D eigenvalue weighted by Gasteiger charge is 2.11. The van der Waals surface area contributed by atoms with Crippen LogP contribution in [0.3, 0.4) is 0 Å². The predicted octanol–water partition coefficient (Wildman–Crippen LogP) is 1.27. The molecule has 0 fully saturated rings. The van der Waals surface area contributed by atoms with Crippen LogP contribution in [0.5, 0.6) is 0 Å². The first-order valence-electron chi connectivity index (χ1n) is 7.14. The minimum Gasteiger partial charge on any atom is -0.383 e. The van der Waals surface area contributed by atoms with Crippen molar-refractivity contribution in [1.82, 2.24) is 24.8 Å². The monoisotopic (exact) mass is 289 g/mol. The van der Waals surface area contributed by atoms with Crippen molar-refractivity contribution in [3.8, 4) is 11.5 Å². The van der Waals surface area contributed by atoms with E-state index in [1.165, 1.54) is 5.56 Å². The van der Waals surface area contributed by atoms with Crippen LogP contribution in [-0.4, -0.2) is 46.3 Å². The van der Waals surface area contributed by atoms with Crippen LogP contribution in [0.15, 0.2) is 12.5 Å². The third-order valence-electron chi connectivity index (χ3n) is 3.50. The van der Waals surface area contributed by atoms with E-state index < -0.39 is 0 Å². The number of methoxy groups -OCH3 is 1. The largest absolute Gasteiger partial charge is 0.383 e. The summed E-state index contributed by atoms with van der Waals surface area (Å²) in [5.41, 5.74) is 4.22. The van der Waals surface area contributed by atoms with Gasteiger partial charge >= 0.3 is 0 Å². The van der Waals surface area contributed by atoms with Gasteiger partial charge in [0.05, 0.1) is 19.1 Å². The number of hydrogen-bond acceptors (Lipinski definition) is 5. The van der Waals surface area contributed by atoms with Gasteiger partial charge in [-0.2, -0.15) is 0 Å². The Morgan fingerprint density at radius 1 is 1.19 bits per heavy atom. The molecule has 0 saturated carbocycles. The molecule has 0 bridgehead atoms. The number of hydrogen-bond donors (Lipinski definition) is 1. The summed E-state index contributed by atoms with van der Waals surface area (Å²) in [7, 11) is 3.66. The standard InChI is InChI=1S/C15H23N5O/c1-11-13(5-6-16-7-8-21-4)12(2)19-15(18-11)14-9-17-10-20(14)3/h9-10,16H,5-8H2,1-4H3. The van der Waals surface area contributed by atoms with Gasteiger partial charge in [-0.15, -0.1) is 0 Å². The molecule has 1 N–H and O–H groups in total. The van der Waals surface area contributed by atoms with Gasteiger partial charge in [-0.25, -0.2) is 15.0 Å². The fourth-order valence-electron chi connectivity index (χ4n) is 2.30. The minimum atomic E-state index is 0.730. The van der Waals surface area contributed by atoms with Gasteiger partial charge in [0.15, 0.2) is 5.82 Å². The van der Waals surface area contributed by atoms with E-state index in [4.69, 9.17) is 4.74 Å². The average molecular weight is 289 g/mol. The fraction of sp³-hybridized carbons (Fsp3) is 0.533. The van der Waals surface area contributed by atoms with Crippen molar-refractivity contribution in [2.45, 2.75) is 20.3 Å². The Morgan fingerprint density at radius 3 is 2.48 bits per heavy atom.